The van der Waals surface area contributed by atoms with E-state index in [1.807, 2.05) is 24.3 Å². The van der Waals surface area contributed by atoms with Crippen molar-refractivity contribution in [3.05, 3.63) is 59.1 Å². The van der Waals surface area contributed by atoms with E-state index < -0.39 is 10.0 Å². The molecular formula is C19H22ClNO3S. The zero-order valence-corrected chi connectivity index (χ0v) is 15.8. The van der Waals surface area contributed by atoms with Crippen LogP contribution in [0.1, 0.15) is 37.3 Å². The SMILES string of the molecule is COc1ccc(S(=O)(=O)N2CCCCCC2c2ccc(Cl)cc2)cc1. The number of hydrogen-bond acceptors (Lipinski definition) is 3. The van der Waals surface area contributed by atoms with Crippen LogP contribution in [-0.4, -0.2) is 26.4 Å². The normalized spacial score (nSPS) is 19.4. The quantitative estimate of drug-likeness (QED) is 0.776. The van der Waals surface area contributed by atoms with Crippen molar-refractivity contribution >= 4 is 21.6 Å². The summed E-state index contributed by atoms with van der Waals surface area (Å²) in [6, 6.07) is 13.9. The molecule has 4 nitrogen and oxygen atoms in total. The number of hydrogen-bond donors (Lipinski definition) is 0. The van der Waals surface area contributed by atoms with Crippen LogP contribution in [-0.2, 0) is 10.0 Å². The molecule has 1 heterocycles. The number of sulfonamides is 1. The number of rotatable bonds is 4. The van der Waals surface area contributed by atoms with Crippen LogP contribution in [0.3, 0.4) is 0 Å². The highest BCUT2D eigenvalue weighted by Crippen LogP contribution is 2.35. The van der Waals surface area contributed by atoms with E-state index in [4.69, 9.17) is 16.3 Å². The minimum absolute atomic E-state index is 0.160. The molecule has 0 N–H and O–H groups in total. The van der Waals surface area contributed by atoms with Gasteiger partial charge in [-0.3, -0.25) is 0 Å². The van der Waals surface area contributed by atoms with Gasteiger partial charge < -0.3 is 4.74 Å². The van der Waals surface area contributed by atoms with E-state index in [1.165, 1.54) is 0 Å². The van der Waals surface area contributed by atoms with Crippen LogP contribution in [0, 0.1) is 0 Å². The Bertz CT molecular complexity index is 804. The summed E-state index contributed by atoms with van der Waals surface area (Å²) in [6.07, 6.45) is 3.75. The summed E-state index contributed by atoms with van der Waals surface area (Å²) in [5.41, 5.74) is 0.989. The summed E-state index contributed by atoms with van der Waals surface area (Å²) in [5.74, 6) is 0.643. The van der Waals surface area contributed by atoms with Crippen molar-refractivity contribution in [2.24, 2.45) is 0 Å². The molecule has 3 rings (SSSR count). The van der Waals surface area contributed by atoms with Gasteiger partial charge in [0.2, 0.25) is 10.0 Å². The van der Waals surface area contributed by atoms with E-state index in [9.17, 15) is 8.42 Å². The molecule has 134 valence electrons. The number of halogens is 1. The molecule has 1 fully saturated rings. The highest BCUT2D eigenvalue weighted by molar-refractivity contribution is 7.89. The fourth-order valence-corrected chi connectivity index (χ4v) is 5.08. The molecule has 25 heavy (non-hydrogen) atoms. The van der Waals surface area contributed by atoms with Crippen LogP contribution in [0.5, 0.6) is 5.75 Å². The molecule has 2 aromatic rings. The first-order chi connectivity index (χ1) is 12.0. The van der Waals surface area contributed by atoms with Crippen molar-refractivity contribution < 1.29 is 13.2 Å². The molecule has 1 aliphatic heterocycles. The zero-order chi connectivity index (χ0) is 17.9. The average molecular weight is 380 g/mol. The Kier molecular flexibility index (Phi) is 5.67. The van der Waals surface area contributed by atoms with E-state index in [0.29, 0.717) is 22.2 Å². The average Bonchev–Trinajstić information content (AvgIpc) is 2.89. The third kappa shape index (κ3) is 4.00. The monoisotopic (exact) mass is 379 g/mol. The predicted octanol–water partition coefficient (Wildman–Crippen LogP) is 4.65. The van der Waals surface area contributed by atoms with Crippen molar-refractivity contribution in [2.75, 3.05) is 13.7 Å². The van der Waals surface area contributed by atoms with Gasteiger partial charge in [0.05, 0.1) is 18.0 Å². The maximum atomic E-state index is 13.2. The molecule has 1 atom stereocenters. The van der Waals surface area contributed by atoms with Gasteiger partial charge in [-0.1, -0.05) is 36.6 Å². The first-order valence-electron chi connectivity index (χ1n) is 8.44. The molecule has 1 unspecified atom stereocenters. The molecule has 1 aliphatic rings. The number of nitrogens with zero attached hydrogens (tertiary/aromatic N) is 1. The molecule has 0 bridgehead atoms. The summed E-state index contributed by atoms with van der Waals surface area (Å²) in [4.78, 5) is 0.300. The molecule has 0 aromatic heterocycles. The standard InChI is InChI=1S/C19H22ClNO3S/c1-24-17-10-12-18(13-11-17)25(22,23)21-14-4-2-3-5-19(21)15-6-8-16(20)9-7-15/h6-13,19H,2-5,14H2,1H3. The van der Waals surface area contributed by atoms with Gasteiger partial charge in [-0.15, -0.1) is 0 Å². The van der Waals surface area contributed by atoms with Gasteiger partial charge in [0, 0.05) is 11.6 Å². The number of benzene rings is 2. The van der Waals surface area contributed by atoms with Crippen molar-refractivity contribution in [1.82, 2.24) is 4.31 Å². The van der Waals surface area contributed by atoms with Crippen molar-refractivity contribution in [3.8, 4) is 5.75 Å². The van der Waals surface area contributed by atoms with Crippen molar-refractivity contribution in [1.29, 1.82) is 0 Å². The maximum absolute atomic E-state index is 13.2. The van der Waals surface area contributed by atoms with Gasteiger partial charge in [-0.2, -0.15) is 4.31 Å². The summed E-state index contributed by atoms with van der Waals surface area (Å²) in [6.45, 7) is 0.529. The Balaban J connectivity index is 1.98. The highest BCUT2D eigenvalue weighted by Gasteiger charge is 2.33. The van der Waals surface area contributed by atoms with E-state index in [2.05, 4.69) is 0 Å². The predicted molar refractivity (Wildman–Crippen MR) is 99.5 cm³/mol. The van der Waals surface area contributed by atoms with Crippen LogP contribution >= 0.6 is 11.6 Å². The van der Waals surface area contributed by atoms with Gasteiger partial charge in [-0.25, -0.2) is 8.42 Å². The van der Waals surface area contributed by atoms with Crippen LogP contribution in [0.15, 0.2) is 53.4 Å². The van der Waals surface area contributed by atoms with Crippen LogP contribution in [0.4, 0.5) is 0 Å². The lowest BCUT2D eigenvalue weighted by Crippen LogP contribution is -2.34. The molecule has 0 amide bonds. The van der Waals surface area contributed by atoms with Gasteiger partial charge in [-0.05, 0) is 54.8 Å². The van der Waals surface area contributed by atoms with E-state index in [1.54, 1.807) is 35.7 Å². The lowest BCUT2D eigenvalue weighted by molar-refractivity contribution is 0.329. The minimum Gasteiger partial charge on any atom is -0.497 e. The summed E-state index contributed by atoms with van der Waals surface area (Å²) < 4.78 is 33.3. The Morgan fingerprint density at radius 3 is 2.32 bits per heavy atom. The summed E-state index contributed by atoms with van der Waals surface area (Å²) in [7, 11) is -2.01. The van der Waals surface area contributed by atoms with Crippen molar-refractivity contribution in [2.45, 2.75) is 36.6 Å². The second-order valence-electron chi connectivity index (χ2n) is 6.21. The third-order valence-electron chi connectivity index (χ3n) is 4.62. The molecule has 6 heteroatoms. The fraction of sp³-hybridized carbons (Fsp3) is 0.368. The fourth-order valence-electron chi connectivity index (χ4n) is 3.27. The molecular weight excluding hydrogens is 358 g/mol. The van der Waals surface area contributed by atoms with E-state index in [0.717, 1.165) is 31.2 Å². The molecule has 2 aromatic carbocycles. The van der Waals surface area contributed by atoms with Crippen LogP contribution < -0.4 is 4.74 Å². The molecule has 0 aliphatic carbocycles. The number of methoxy groups -OCH3 is 1. The first kappa shape index (κ1) is 18.2. The lowest BCUT2D eigenvalue weighted by atomic mass is 10.0. The second kappa shape index (κ2) is 7.77. The Morgan fingerprint density at radius 2 is 1.68 bits per heavy atom. The molecule has 1 saturated heterocycles. The second-order valence-corrected chi connectivity index (χ2v) is 8.53. The van der Waals surface area contributed by atoms with E-state index in [-0.39, 0.29) is 6.04 Å². The smallest absolute Gasteiger partial charge is 0.243 e. The number of ether oxygens (including phenoxy) is 1. The summed E-state index contributed by atoms with van der Waals surface area (Å²) >= 11 is 5.99. The lowest BCUT2D eigenvalue weighted by Gasteiger charge is -2.29. The topological polar surface area (TPSA) is 46.6 Å². The minimum atomic E-state index is -3.57. The highest BCUT2D eigenvalue weighted by atomic mass is 35.5. The van der Waals surface area contributed by atoms with Gasteiger partial charge in [0.15, 0.2) is 0 Å². The molecule has 0 radical (unpaired) electrons. The first-order valence-corrected chi connectivity index (χ1v) is 10.3. The zero-order valence-electron chi connectivity index (χ0n) is 14.2. The van der Waals surface area contributed by atoms with Crippen LogP contribution in [0.2, 0.25) is 5.02 Å². The molecule has 0 saturated carbocycles. The van der Waals surface area contributed by atoms with E-state index >= 15 is 0 Å². The summed E-state index contributed by atoms with van der Waals surface area (Å²) in [5, 5.41) is 0.655. The Labute approximate surface area is 154 Å². The largest absolute Gasteiger partial charge is 0.497 e. The van der Waals surface area contributed by atoms with Crippen LogP contribution in [0.25, 0.3) is 0 Å². The Morgan fingerprint density at radius 1 is 1.00 bits per heavy atom. The van der Waals surface area contributed by atoms with Gasteiger partial charge >= 0.3 is 0 Å². The molecule has 0 spiro atoms. The maximum Gasteiger partial charge on any atom is 0.243 e. The Hall–Kier alpha value is -1.56. The van der Waals surface area contributed by atoms with Gasteiger partial charge in [0.25, 0.3) is 0 Å². The van der Waals surface area contributed by atoms with Crippen molar-refractivity contribution in [3.63, 3.8) is 0 Å². The third-order valence-corrected chi connectivity index (χ3v) is 6.80. The van der Waals surface area contributed by atoms with Gasteiger partial charge in [0.1, 0.15) is 5.75 Å².